The van der Waals surface area contributed by atoms with Gasteiger partial charge in [0.1, 0.15) is 0 Å². The highest BCUT2D eigenvalue weighted by Crippen LogP contribution is 2.30. The van der Waals surface area contributed by atoms with E-state index < -0.39 is 4.92 Å². The summed E-state index contributed by atoms with van der Waals surface area (Å²) in [5.41, 5.74) is 0.677. The third-order valence-electron chi connectivity index (χ3n) is 2.52. The number of methoxy groups -OCH3 is 2. The predicted octanol–water partition coefficient (Wildman–Crippen LogP) is 2.33. The van der Waals surface area contributed by atoms with Gasteiger partial charge in [-0.25, -0.2) is 0 Å². The van der Waals surface area contributed by atoms with Crippen molar-refractivity contribution in [2.75, 3.05) is 27.4 Å². The monoisotopic (exact) mass is 255 g/mol. The van der Waals surface area contributed by atoms with Crippen molar-refractivity contribution in [1.29, 1.82) is 0 Å². The summed E-state index contributed by atoms with van der Waals surface area (Å²) in [5, 5.41) is 10.9. The lowest BCUT2D eigenvalue weighted by atomic mass is 10.1. The molecule has 0 saturated heterocycles. The van der Waals surface area contributed by atoms with Crippen LogP contribution in [0.1, 0.15) is 18.6 Å². The van der Waals surface area contributed by atoms with Crippen LogP contribution < -0.4 is 4.74 Å². The summed E-state index contributed by atoms with van der Waals surface area (Å²) in [6.07, 6.45) is -0.232. The average Bonchev–Trinajstić information content (AvgIpc) is 2.38. The van der Waals surface area contributed by atoms with Gasteiger partial charge in [-0.2, -0.15) is 0 Å². The second-order valence-electron chi connectivity index (χ2n) is 3.69. The van der Waals surface area contributed by atoms with Crippen LogP contribution in [-0.2, 0) is 9.47 Å². The summed E-state index contributed by atoms with van der Waals surface area (Å²) in [4.78, 5) is 10.4. The van der Waals surface area contributed by atoms with Crippen molar-refractivity contribution in [1.82, 2.24) is 0 Å². The van der Waals surface area contributed by atoms with Gasteiger partial charge >= 0.3 is 5.69 Å². The molecule has 1 aromatic rings. The van der Waals surface area contributed by atoms with Gasteiger partial charge in [0.05, 0.1) is 31.4 Å². The minimum atomic E-state index is -0.468. The third kappa shape index (κ3) is 3.68. The second-order valence-corrected chi connectivity index (χ2v) is 3.69. The summed E-state index contributed by atoms with van der Waals surface area (Å²) >= 11 is 0. The van der Waals surface area contributed by atoms with Crippen LogP contribution in [0.15, 0.2) is 18.2 Å². The smallest absolute Gasteiger partial charge is 0.311 e. The van der Waals surface area contributed by atoms with E-state index in [1.165, 1.54) is 13.2 Å². The van der Waals surface area contributed by atoms with Crippen LogP contribution in [0.2, 0.25) is 0 Å². The molecule has 0 aliphatic rings. The molecule has 1 aromatic carbocycles. The maximum atomic E-state index is 10.9. The van der Waals surface area contributed by atoms with E-state index in [4.69, 9.17) is 14.2 Å². The Morgan fingerprint density at radius 3 is 2.61 bits per heavy atom. The molecule has 0 aliphatic carbocycles. The predicted molar refractivity (Wildman–Crippen MR) is 65.9 cm³/mol. The quantitative estimate of drug-likeness (QED) is 0.425. The number of hydrogen-bond acceptors (Lipinski definition) is 5. The summed E-state index contributed by atoms with van der Waals surface area (Å²) in [5.74, 6) is 0.243. The van der Waals surface area contributed by atoms with Gasteiger partial charge in [0, 0.05) is 13.2 Å². The van der Waals surface area contributed by atoms with Gasteiger partial charge in [-0.1, -0.05) is 6.07 Å². The second kappa shape index (κ2) is 6.93. The van der Waals surface area contributed by atoms with Crippen LogP contribution in [0.4, 0.5) is 5.69 Å². The van der Waals surface area contributed by atoms with E-state index in [2.05, 4.69) is 0 Å². The van der Waals surface area contributed by atoms with Crippen molar-refractivity contribution in [3.8, 4) is 5.75 Å². The fourth-order valence-electron chi connectivity index (χ4n) is 1.51. The first-order chi connectivity index (χ1) is 8.60. The molecule has 0 heterocycles. The van der Waals surface area contributed by atoms with Crippen molar-refractivity contribution >= 4 is 5.69 Å². The molecule has 0 amide bonds. The molecule has 0 fully saturated rings. The van der Waals surface area contributed by atoms with Gasteiger partial charge in [-0.3, -0.25) is 10.1 Å². The standard InChI is InChI=1S/C12H17NO5/c1-9(18-7-6-16-2)10-4-5-12(17-3)11(8-10)13(14)15/h4-5,8-9H,6-7H2,1-3H3. The first-order valence-corrected chi connectivity index (χ1v) is 5.53. The molecule has 0 N–H and O–H groups in total. The molecule has 0 aromatic heterocycles. The normalized spacial score (nSPS) is 12.2. The maximum absolute atomic E-state index is 10.9. The Morgan fingerprint density at radius 1 is 1.33 bits per heavy atom. The van der Waals surface area contributed by atoms with Gasteiger partial charge in [-0.15, -0.1) is 0 Å². The van der Waals surface area contributed by atoms with E-state index in [-0.39, 0.29) is 17.5 Å². The van der Waals surface area contributed by atoms with E-state index in [0.717, 1.165) is 5.56 Å². The minimum Gasteiger partial charge on any atom is -0.490 e. The number of benzene rings is 1. The molecule has 1 rings (SSSR count). The van der Waals surface area contributed by atoms with E-state index in [0.29, 0.717) is 13.2 Å². The van der Waals surface area contributed by atoms with Crippen molar-refractivity contribution in [2.45, 2.75) is 13.0 Å². The van der Waals surface area contributed by atoms with Crippen LogP contribution in [-0.4, -0.2) is 32.4 Å². The molecule has 18 heavy (non-hydrogen) atoms. The Kier molecular flexibility index (Phi) is 5.54. The minimum absolute atomic E-state index is 0.0582. The lowest BCUT2D eigenvalue weighted by molar-refractivity contribution is -0.385. The van der Waals surface area contributed by atoms with Gasteiger partial charge < -0.3 is 14.2 Å². The molecule has 6 nitrogen and oxygen atoms in total. The van der Waals surface area contributed by atoms with Crippen molar-refractivity contribution in [3.05, 3.63) is 33.9 Å². The highest BCUT2D eigenvalue weighted by atomic mass is 16.6. The Morgan fingerprint density at radius 2 is 2.06 bits per heavy atom. The largest absolute Gasteiger partial charge is 0.490 e. The van der Waals surface area contributed by atoms with Crippen LogP contribution in [0.3, 0.4) is 0 Å². The number of nitro groups is 1. The molecule has 1 atom stereocenters. The number of hydrogen-bond donors (Lipinski definition) is 0. The maximum Gasteiger partial charge on any atom is 0.311 e. The summed E-state index contributed by atoms with van der Waals surface area (Å²) in [7, 11) is 2.99. The number of ether oxygens (including phenoxy) is 3. The fraction of sp³-hybridized carbons (Fsp3) is 0.500. The molecule has 1 unspecified atom stereocenters. The molecule has 0 saturated carbocycles. The molecule has 0 bridgehead atoms. The molecule has 0 spiro atoms. The third-order valence-corrected chi connectivity index (χ3v) is 2.52. The van der Waals surface area contributed by atoms with E-state index >= 15 is 0 Å². The zero-order chi connectivity index (χ0) is 13.5. The van der Waals surface area contributed by atoms with Gasteiger partial charge in [0.25, 0.3) is 0 Å². The van der Waals surface area contributed by atoms with Crippen LogP contribution in [0.25, 0.3) is 0 Å². The first-order valence-electron chi connectivity index (χ1n) is 5.53. The average molecular weight is 255 g/mol. The Hall–Kier alpha value is -1.66. The molecule has 6 heteroatoms. The topological polar surface area (TPSA) is 70.8 Å². The Balaban J connectivity index is 2.83. The zero-order valence-electron chi connectivity index (χ0n) is 10.7. The SMILES string of the molecule is COCCOC(C)c1ccc(OC)c([N+](=O)[O-])c1. The zero-order valence-corrected chi connectivity index (χ0v) is 10.7. The summed E-state index contributed by atoms with van der Waals surface area (Å²) < 4.78 is 15.3. The summed E-state index contributed by atoms with van der Waals surface area (Å²) in [6.45, 7) is 2.77. The molecular weight excluding hydrogens is 238 g/mol. The molecular formula is C12H17NO5. The number of nitrogens with zero attached hydrogens (tertiary/aromatic N) is 1. The number of nitro benzene ring substituents is 1. The summed E-state index contributed by atoms with van der Waals surface area (Å²) in [6, 6.07) is 4.79. The van der Waals surface area contributed by atoms with Crippen LogP contribution in [0, 0.1) is 10.1 Å². The van der Waals surface area contributed by atoms with Gasteiger partial charge in [0.15, 0.2) is 5.75 Å². The Bertz CT molecular complexity index is 407. The number of rotatable bonds is 7. The fourth-order valence-corrected chi connectivity index (χ4v) is 1.51. The van der Waals surface area contributed by atoms with Gasteiger partial charge in [0.2, 0.25) is 0 Å². The highest BCUT2D eigenvalue weighted by molar-refractivity contribution is 5.49. The van der Waals surface area contributed by atoms with Crippen LogP contribution >= 0.6 is 0 Å². The molecule has 0 aliphatic heterocycles. The first kappa shape index (κ1) is 14.4. The van der Waals surface area contributed by atoms with Crippen molar-refractivity contribution in [2.24, 2.45) is 0 Å². The highest BCUT2D eigenvalue weighted by Gasteiger charge is 2.17. The van der Waals surface area contributed by atoms with Crippen molar-refractivity contribution < 1.29 is 19.1 Å². The lowest BCUT2D eigenvalue weighted by Gasteiger charge is -2.13. The van der Waals surface area contributed by atoms with Crippen LogP contribution in [0.5, 0.6) is 5.75 Å². The van der Waals surface area contributed by atoms with E-state index in [9.17, 15) is 10.1 Å². The lowest BCUT2D eigenvalue weighted by Crippen LogP contribution is -2.06. The van der Waals surface area contributed by atoms with E-state index in [1.807, 2.05) is 6.92 Å². The Labute approximate surface area is 106 Å². The molecule has 0 radical (unpaired) electrons. The van der Waals surface area contributed by atoms with Crippen molar-refractivity contribution in [3.63, 3.8) is 0 Å². The van der Waals surface area contributed by atoms with Gasteiger partial charge in [-0.05, 0) is 18.6 Å². The molecule has 100 valence electrons. The van der Waals surface area contributed by atoms with E-state index in [1.54, 1.807) is 19.2 Å².